The molecule has 5 nitrogen and oxygen atoms in total. The van der Waals surface area contributed by atoms with Crippen LogP contribution in [0.3, 0.4) is 0 Å². The Kier molecular flexibility index (Phi) is 5.07. The van der Waals surface area contributed by atoms with Crippen LogP contribution in [0.5, 0.6) is 0 Å². The van der Waals surface area contributed by atoms with Crippen molar-refractivity contribution in [1.82, 2.24) is 15.3 Å². The monoisotopic (exact) mass is 328 g/mol. The Hall–Kier alpha value is -2.04. The molecule has 1 aliphatic heterocycles. The topological polar surface area (TPSA) is 61.0 Å². The summed E-state index contributed by atoms with van der Waals surface area (Å²) in [6.07, 6.45) is 3.02. The van der Waals surface area contributed by atoms with E-state index in [9.17, 15) is 4.79 Å². The van der Waals surface area contributed by atoms with E-state index in [0.29, 0.717) is 5.92 Å². The third-order valence-corrected chi connectivity index (χ3v) is 4.74. The third-order valence-electron chi connectivity index (χ3n) is 4.74. The molecule has 3 rings (SSSR count). The molecule has 0 spiro atoms. The molecule has 1 atom stereocenters. The number of aromatic nitrogens is 2. The molecule has 0 bridgehead atoms. The number of hydrogen-bond acceptors (Lipinski definition) is 3. The van der Waals surface area contributed by atoms with Crippen LogP contribution in [0, 0.1) is 18.8 Å². The lowest BCUT2D eigenvalue weighted by Crippen LogP contribution is -2.43. The number of rotatable bonds is 5. The zero-order valence-electron chi connectivity index (χ0n) is 14.9. The van der Waals surface area contributed by atoms with Gasteiger partial charge in [-0.15, -0.1) is 0 Å². The van der Waals surface area contributed by atoms with Gasteiger partial charge in [-0.1, -0.05) is 19.9 Å². The van der Waals surface area contributed by atoms with E-state index in [2.05, 4.69) is 48.1 Å². The van der Waals surface area contributed by atoms with Crippen LogP contribution in [0.25, 0.3) is 11.0 Å². The van der Waals surface area contributed by atoms with E-state index in [0.717, 1.165) is 55.9 Å². The molecule has 24 heavy (non-hydrogen) atoms. The van der Waals surface area contributed by atoms with Crippen LogP contribution in [-0.2, 0) is 4.79 Å². The smallest absolute Gasteiger partial charge is 0.224 e. The van der Waals surface area contributed by atoms with E-state index >= 15 is 0 Å². The van der Waals surface area contributed by atoms with E-state index in [1.165, 1.54) is 5.56 Å². The summed E-state index contributed by atoms with van der Waals surface area (Å²) in [6, 6.07) is 6.24. The zero-order valence-corrected chi connectivity index (χ0v) is 14.9. The van der Waals surface area contributed by atoms with Crippen molar-refractivity contribution in [3.05, 3.63) is 23.8 Å². The van der Waals surface area contributed by atoms with Crippen LogP contribution >= 0.6 is 0 Å². The average molecular weight is 328 g/mol. The summed E-state index contributed by atoms with van der Waals surface area (Å²) in [7, 11) is 0. The van der Waals surface area contributed by atoms with Crippen molar-refractivity contribution in [2.24, 2.45) is 11.8 Å². The molecular weight excluding hydrogens is 300 g/mol. The Morgan fingerprint density at radius 2 is 2.29 bits per heavy atom. The number of benzene rings is 1. The van der Waals surface area contributed by atoms with Gasteiger partial charge < -0.3 is 15.2 Å². The van der Waals surface area contributed by atoms with Crippen LogP contribution in [-0.4, -0.2) is 35.5 Å². The summed E-state index contributed by atoms with van der Waals surface area (Å²) >= 11 is 0. The lowest BCUT2D eigenvalue weighted by molar-refractivity contribution is -0.125. The average Bonchev–Trinajstić information content (AvgIpc) is 2.97. The lowest BCUT2D eigenvalue weighted by atomic mass is 9.97. The number of fused-ring (bicyclic) bond motifs is 1. The molecule has 0 aliphatic carbocycles. The van der Waals surface area contributed by atoms with Gasteiger partial charge in [-0.25, -0.2) is 4.98 Å². The molecule has 1 aromatic heterocycles. The van der Waals surface area contributed by atoms with Gasteiger partial charge in [0.1, 0.15) is 0 Å². The molecule has 2 heterocycles. The maximum Gasteiger partial charge on any atom is 0.224 e. The Balaban J connectivity index is 1.64. The van der Waals surface area contributed by atoms with Crippen LogP contribution in [0.4, 0.5) is 5.95 Å². The number of imidazole rings is 1. The Morgan fingerprint density at radius 3 is 3.08 bits per heavy atom. The van der Waals surface area contributed by atoms with Gasteiger partial charge in [-0.2, -0.15) is 0 Å². The predicted octanol–water partition coefficient (Wildman–Crippen LogP) is 3.25. The number of nitrogens with zero attached hydrogens (tertiary/aromatic N) is 2. The minimum atomic E-state index is 0.0564. The number of nitrogens with one attached hydrogen (secondary N) is 2. The highest BCUT2D eigenvalue weighted by atomic mass is 16.1. The number of aromatic amines is 1. The first-order chi connectivity index (χ1) is 11.5. The van der Waals surface area contributed by atoms with Gasteiger partial charge in [0.25, 0.3) is 0 Å². The molecule has 0 saturated carbocycles. The van der Waals surface area contributed by atoms with Crippen molar-refractivity contribution in [2.45, 2.75) is 40.0 Å². The van der Waals surface area contributed by atoms with E-state index in [4.69, 9.17) is 4.98 Å². The van der Waals surface area contributed by atoms with Gasteiger partial charge in [0.15, 0.2) is 0 Å². The second-order valence-electron chi connectivity index (χ2n) is 7.34. The Labute approximate surface area is 143 Å². The molecule has 1 saturated heterocycles. The molecule has 5 heteroatoms. The van der Waals surface area contributed by atoms with Gasteiger partial charge in [0, 0.05) is 19.6 Å². The summed E-state index contributed by atoms with van der Waals surface area (Å²) in [4.78, 5) is 22.7. The van der Waals surface area contributed by atoms with Crippen molar-refractivity contribution < 1.29 is 4.79 Å². The van der Waals surface area contributed by atoms with Gasteiger partial charge in [0.05, 0.1) is 17.0 Å². The van der Waals surface area contributed by atoms with Crippen LogP contribution < -0.4 is 10.2 Å². The fraction of sp³-hybridized carbons (Fsp3) is 0.579. The quantitative estimate of drug-likeness (QED) is 0.886. The minimum absolute atomic E-state index is 0.0564. The number of amides is 1. The summed E-state index contributed by atoms with van der Waals surface area (Å²) in [5, 5.41) is 3.09. The highest BCUT2D eigenvalue weighted by Gasteiger charge is 2.27. The van der Waals surface area contributed by atoms with Gasteiger partial charge in [0.2, 0.25) is 11.9 Å². The SMILES string of the molecule is Cc1ccc2nc(N3CCC[C@H](C(=O)NCCC(C)C)C3)[nH]c2c1. The maximum absolute atomic E-state index is 12.4. The number of anilines is 1. The summed E-state index contributed by atoms with van der Waals surface area (Å²) in [5.74, 6) is 1.75. The molecule has 0 radical (unpaired) electrons. The number of aryl methyl sites for hydroxylation is 1. The van der Waals surface area contributed by atoms with Crippen molar-refractivity contribution in [3.63, 3.8) is 0 Å². The second kappa shape index (κ2) is 7.24. The number of H-pyrrole nitrogens is 1. The molecule has 0 unspecified atom stereocenters. The van der Waals surface area contributed by atoms with E-state index < -0.39 is 0 Å². The normalized spacial score (nSPS) is 18.3. The Morgan fingerprint density at radius 1 is 1.46 bits per heavy atom. The summed E-state index contributed by atoms with van der Waals surface area (Å²) < 4.78 is 0. The number of hydrogen-bond donors (Lipinski definition) is 2. The van der Waals surface area contributed by atoms with E-state index in [1.807, 2.05) is 6.07 Å². The van der Waals surface area contributed by atoms with Crippen LogP contribution in [0.15, 0.2) is 18.2 Å². The van der Waals surface area contributed by atoms with Crippen molar-refractivity contribution in [1.29, 1.82) is 0 Å². The molecule has 1 aromatic carbocycles. The zero-order chi connectivity index (χ0) is 17.1. The van der Waals surface area contributed by atoms with Crippen LogP contribution in [0.1, 0.15) is 38.7 Å². The van der Waals surface area contributed by atoms with Crippen molar-refractivity contribution in [3.8, 4) is 0 Å². The largest absolute Gasteiger partial charge is 0.356 e. The molecule has 1 fully saturated rings. The van der Waals surface area contributed by atoms with Gasteiger partial charge >= 0.3 is 0 Å². The Bertz CT molecular complexity index is 706. The van der Waals surface area contributed by atoms with E-state index in [-0.39, 0.29) is 11.8 Å². The standard InChI is InChI=1S/C19H28N4O/c1-13(2)8-9-20-18(24)15-5-4-10-23(12-15)19-21-16-7-6-14(3)11-17(16)22-19/h6-7,11,13,15H,4-5,8-10,12H2,1-3H3,(H,20,24)(H,21,22)/t15-/m0/s1. The molecule has 130 valence electrons. The maximum atomic E-state index is 12.4. The molecule has 1 amide bonds. The number of carbonyl (C=O) groups excluding carboxylic acids is 1. The summed E-state index contributed by atoms with van der Waals surface area (Å²) in [6.45, 7) is 8.91. The minimum Gasteiger partial charge on any atom is -0.356 e. The molecular formula is C19H28N4O. The van der Waals surface area contributed by atoms with E-state index in [1.54, 1.807) is 0 Å². The molecule has 2 N–H and O–H groups in total. The van der Waals surface area contributed by atoms with Crippen molar-refractivity contribution >= 4 is 22.9 Å². The molecule has 2 aromatic rings. The number of carbonyl (C=O) groups is 1. The molecule has 1 aliphatic rings. The first-order valence-electron chi connectivity index (χ1n) is 9.02. The highest BCUT2D eigenvalue weighted by Crippen LogP contribution is 2.24. The van der Waals surface area contributed by atoms with Gasteiger partial charge in [-0.05, 0) is 49.8 Å². The van der Waals surface area contributed by atoms with Gasteiger partial charge in [-0.3, -0.25) is 4.79 Å². The predicted molar refractivity (Wildman–Crippen MR) is 98.2 cm³/mol. The fourth-order valence-corrected chi connectivity index (χ4v) is 3.27. The third kappa shape index (κ3) is 3.89. The highest BCUT2D eigenvalue weighted by molar-refractivity contribution is 5.80. The van der Waals surface area contributed by atoms with Crippen LogP contribution in [0.2, 0.25) is 0 Å². The second-order valence-corrected chi connectivity index (χ2v) is 7.34. The number of piperidine rings is 1. The summed E-state index contributed by atoms with van der Waals surface area (Å²) in [5.41, 5.74) is 3.27. The first kappa shape index (κ1) is 16.8. The fourth-order valence-electron chi connectivity index (χ4n) is 3.27. The van der Waals surface area contributed by atoms with Crippen molar-refractivity contribution in [2.75, 3.05) is 24.5 Å². The lowest BCUT2D eigenvalue weighted by Gasteiger charge is -2.31. The first-order valence-corrected chi connectivity index (χ1v) is 9.02.